The zero-order valence-corrected chi connectivity index (χ0v) is 10.7. The van der Waals surface area contributed by atoms with E-state index in [9.17, 15) is 0 Å². The van der Waals surface area contributed by atoms with Gasteiger partial charge in [0, 0.05) is 19.0 Å². The van der Waals surface area contributed by atoms with Crippen molar-refractivity contribution in [3.63, 3.8) is 0 Å². The van der Waals surface area contributed by atoms with Crippen LogP contribution >= 0.6 is 0 Å². The molecule has 2 heterocycles. The molecule has 2 fully saturated rings. The summed E-state index contributed by atoms with van der Waals surface area (Å²) in [5.74, 6) is 3.88. The molecular formula is C13H21N3O. The Labute approximate surface area is 102 Å². The third-order valence-electron chi connectivity index (χ3n) is 3.73. The first-order valence-electron chi connectivity index (χ1n) is 6.75. The third-order valence-corrected chi connectivity index (χ3v) is 3.73. The van der Waals surface area contributed by atoms with Gasteiger partial charge in [-0.2, -0.15) is 4.98 Å². The summed E-state index contributed by atoms with van der Waals surface area (Å²) in [6.45, 7) is 7.80. The van der Waals surface area contributed by atoms with Crippen molar-refractivity contribution in [2.24, 2.45) is 11.8 Å². The van der Waals surface area contributed by atoms with Gasteiger partial charge in [0.1, 0.15) is 0 Å². The van der Waals surface area contributed by atoms with Crippen molar-refractivity contribution in [3.8, 4) is 0 Å². The van der Waals surface area contributed by atoms with E-state index in [-0.39, 0.29) is 0 Å². The highest BCUT2D eigenvalue weighted by atomic mass is 16.5. The highest BCUT2D eigenvalue weighted by molar-refractivity contribution is 5.03. The molecule has 0 bridgehead atoms. The van der Waals surface area contributed by atoms with E-state index in [1.54, 1.807) is 0 Å². The molecule has 2 atom stereocenters. The maximum Gasteiger partial charge on any atom is 0.240 e. The first-order chi connectivity index (χ1) is 8.20. The van der Waals surface area contributed by atoms with Crippen LogP contribution < -0.4 is 0 Å². The third kappa shape index (κ3) is 2.68. The zero-order valence-electron chi connectivity index (χ0n) is 10.7. The van der Waals surface area contributed by atoms with Crippen LogP contribution in [0.1, 0.15) is 50.7 Å². The Balaban J connectivity index is 1.60. The monoisotopic (exact) mass is 235 g/mol. The van der Waals surface area contributed by atoms with E-state index in [2.05, 4.69) is 28.9 Å². The van der Waals surface area contributed by atoms with Gasteiger partial charge in [0.25, 0.3) is 0 Å². The quantitative estimate of drug-likeness (QED) is 0.807. The molecule has 17 heavy (non-hydrogen) atoms. The normalized spacial score (nSPS) is 30.7. The maximum absolute atomic E-state index is 5.34. The van der Waals surface area contributed by atoms with Crippen LogP contribution in [0.4, 0.5) is 0 Å². The Hall–Kier alpha value is -0.900. The fourth-order valence-corrected chi connectivity index (χ4v) is 2.95. The van der Waals surface area contributed by atoms with Crippen molar-refractivity contribution < 1.29 is 4.52 Å². The van der Waals surface area contributed by atoms with Crippen molar-refractivity contribution in [2.75, 3.05) is 13.1 Å². The van der Waals surface area contributed by atoms with Gasteiger partial charge in [-0.3, -0.25) is 4.90 Å². The fourth-order valence-electron chi connectivity index (χ4n) is 2.95. The maximum atomic E-state index is 5.34. The molecule has 2 aliphatic rings. The van der Waals surface area contributed by atoms with Gasteiger partial charge in [0.05, 0.1) is 6.54 Å². The van der Waals surface area contributed by atoms with Crippen LogP contribution in [-0.2, 0) is 6.54 Å². The summed E-state index contributed by atoms with van der Waals surface area (Å²) >= 11 is 0. The van der Waals surface area contributed by atoms with Crippen LogP contribution in [0.5, 0.6) is 0 Å². The molecule has 2 unspecified atom stereocenters. The van der Waals surface area contributed by atoms with E-state index in [0.717, 1.165) is 43.2 Å². The predicted molar refractivity (Wildman–Crippen MR) is 64.5 cm³/mol. The van der Waals surface area contributed by atoms with Gasteiger partial charge < -0.3 is 4.52 Å². The van der Waals surface area contributed by atoms with Crippen molar-refractivity contribution in [2.45, 2.75) is 45.6 Å². The number of hydrogen-bond donors (Lipinski definition) is 0. The first-order valence-corrected chi connectivity index (χ1v) is 6.75. The molecule has 1 aromatic rings. The second kappa shape index (κ2) is 4.41. The summed E-state index contributed by atoms with van der Waals surface area (Å²) < 4.78 is 5.34. The highest BCUT2D eigenvalue weighted by Gasteiger charge is 2.29. The number of piperidine rings is 1. The lowest BCUT2D eigenvalue weighted by Crippen LogP contribution is -2.38. The Kier molecular flexibility index (Phi) is 2.90. The predicted octanol–water partition coefficient (Wildman–Crippen LogP) is 2.42. The summed E-state index contributed by atoms with van der Waals surface area (Å²) in [5.41, 5.74) is 0. The van der Waals surface area contributed by atoms with Crippen LogP contribution in [0.15, 0.2) is 4.52 Å². The summed E-state index contributed by atoms with van der Waals surface area (Å²) in [7, 11) is 0. The lowest BCUT2D eigenvalue weighted by Gasteiger charge is -2.33. The average molecular weight is 235 g/mol. The minimum absolute atomic E-state index is 0.590. The van der Waals surface area contributed by atoms with Crippen LogP contribution in [0, 0.1) is 11.8 Å². The smallest absolute Gasteiger partial charge is 0.240 e. The Bertz CT molecular complexity index is 376. The molecular weight excluding hydrogens is 214 g/mol. The molecule has 1 aromatic heterocycles. The van der Waals surface area contributed by atoms with E-state index in [0.29, 0.717) is 5.92 Å². The molecule has 4 nitrogen and oxygen atoms in total. The molecule has 4 heteroatoms. The fraction of sp³-hybridized carbons (Fsp3) is 0.846. The number of nitrogens with zero attached hydrogens (tertiary/aromatic N) is 3. The van der Waals surface area contributed by atoms with Crippen LogP contribution in [-0.4, -0.2) is 28.1 Å². The minimum Gasteiger partial charge on any atom is -0.338 e. The molecule has 1 saturated carbocycles. The summed E-state index contributed by atoms with van der Waals surface area (Å²) in [4.78, 5) is 6.94. The van der Waals surface area contributed by atoms with Crippen LogP contribution in [0.2, 0.25) is 0 Å². The number of hydrogen-bond acceptors (Lipinski definition) is 4. The molecule has 0 aromatic carbocycles. The van der Waals surface area contributed by atoms with Gasteiger partial charge >= 0.3 is 0 Å². The second-order valence-electron chi connectivity index (χ2n) is 5.96. The summed E-state index contributed by atoms with van der Waals surface area (Å²) in [6, 6.07) is 0. The number of aromatic nitrogens is 2. The summed E-state index contributed by atoms with van der Waals surface area (Å²) in [5, 5.41) is 4.07. The van der Waals surface area contributed by atoms with E-state index in [1.165, 1.54) is 19.3 Å². The lowest BCUT2D eigenvalue weighted by molar-refractivity contribution is 0.121. The SMILES string of the molecule is CC1CC(C)CN(Cc2nc(C3CC3)no2)C1. The summed E-state index contributed by atoms with van der Waals surface area (Å²) in [6.07, 6.45) is 3.81. The standard InChI is InChI=1S/C13H21N3O/c1-9-5-10(2)7-16(6-9)8-12-14-13(15-17-12)11-3-4-11/h9-11H,3-8H2,1-2H3. The Morgan fingerprint density at radius 3 is 2.59 bits per heavy atom. The van der Waals surface area contributed by atoms with Crippen molar-refractivity contribution in [1.29, 1.82) is 0 Å². The highest BCUT2D eigenvalue weighted by Crippen LogP contribution is 2.38. The molecule has 0 spiro atoms. The Morgan fingerprint density at radius 1 is 1.24 bits per heavy atom. The van der Waals surface area contributed by atoms with Crippen LogP contribution in [0.25, 0.3) is 0 Å². The largest absolute Gasteiger partial charge is 0.338 e. The van der Waals surface area contributed by atoms with Crippen molar-refractivity contribution >= 4 is 0 Å². The van der Waals surface area contributed by atoms with E-state index in [1.807, 2.05) is 0 Å². The molecule has 1 aliphatic heterocycles. The zero-order chi connectivity index (χ0) is 11.8. The first kappa shape index (κ1) is 11.2. The second-order valence-corrected chi connectivity index (χ2v) is 5.96. The van der Waals surface area contributed by atoms with E-state index >= 15 is 0 Å². The van der Waals surface area contributed by atoms with Gasteiger partial charge in [0.2, 0.25) is 5.89 Å². The average Bonchev–Trinajstić information content (AvgIpc) is 2.99. The topological polar surface area (TPSA) is 42.2 Å². The molecule has 0 amide bonds. The van der Waals surface area contributed by atoms with E-state index < -0.39 is 0 Å². The van der Waals surface area contributed by atoms with Crippen molar-refractivity contribution in [1.82, 2.24) is 15.0 Å². The minimum atomic E-state index is 0.590. The van der Waals surface area contributed by atoms with E-state index in [4.69, 9.17) is 4.52 Å². The van der Waals surface area contributed by atoms with Gasteiger partial charge in [-0.05, 0) is 31.1 Å². The molecule has 0 radical (unpaired) electrons. The molecule has 0 N–H and O–H groups in total. The van der Waals surface area contributed by atoms with Gasteiger partial charge in [-0.1, -0.05) is 19.0 Å². The molecule has 1 aliphatic carbocycles. The number of likely N-dealkylation sites (tertiary alicyclic amines) is 1. The lowest BCUT2D eigenvalue weighted by atomic mass is 9.92. The number of rotatable bonds is 3. The van der Waals surface area contributed by atoms with Crippen LogP contribution in [0.3, 0.4) is 0 Å². The molecule has 1 saturated heterocycles. The van der Waals surface area contributed by atoms with Gasteiger partial charge in [0.15, 0.2) is 5.82 Å². The van der Waals surface area contributed by atoms with Gasteiger partial charge in [-0.15, -0.1) is 0 Å². The van der Waals surface area contributed by atoms with Crippen molar-refractivity contribution in [3.05, 3.63) is 11.7 Å². The van der Waals surface area contributed by atoms with Gasteiger partial charge in [-0.25, -0.2) is 0 Å². The Morgan fingerprint density at radius 2 is 1.94 bits per heavy atom. The molecule has 3 rings (SSSR count). The molecule has 94 valence electrons.